The molecule has 104 valence electrons. The molecule has 0 spiro atoms. The van der Waals surface area contributed by atoms with Crippen molar-refractivity contribution in [3.8, 4) is 11.5 Å². The summed E-state index contributed by atoms with van der Waals surface area (Å²) in [5.74, 6) is 0.487. The Kier molecular flexibility index (Phi) is 4.79. The molecule has 1 aromatic carbocycles. The molecule has 0 amide bonds. The average Bonchev–Trinajstić information content (AvgIpc) is 2.90. The molecule has 1 heterocycles. The van der Waals surface area contributed by atoms with E-state index in [0.29, 0.717) is 12.4 Å². The highest BCUT2D eigenvalue weighted by molar-refractivity contribution is 7.10. The smallest absolute Gasteiger partial charge is 0.328 e. The predicted octanol–water partition coefficient (Wildman–Crippen LogP) is 3.43. The molecule has 0 aliphatic carbocycles. The minimum atomic E-state index is -0.962. The van der Waals surface area contributed by atoms with E-state index in [9.17, 15) is 4.79 Å². The van der Waals surface area contributed by atoms with E-state index in [1.165, 1.54) is 11.3 Å². The maximum Gasteiger partial charge on any atom is 0.328 e. The molecule has 0 fully saturated rings. The van der Waals surface area contributed by atoms with E-state index < -0.39 is 5.97 Å². The molecule has 0 aliphatic rings. The van der Waals surface area contributed by atoms with Crippen molar-refractivity contribution in [2.45, 2.75) is 6.61 Å². The van der Waals surface area contributed by atoms with Crippen LogP contribution < -0.4 is 9.47 Å². The second-order valence-corrected chi connectivity index (χ2v) is 4.94. The van der Waals surface area contributed by atoms with Crippen LogP contribution >= 0.6 is 11.3 Å². The van der Waals surface area contributed by atoms with Crippen LogP contribution in [0, 0.1) is 0 Å². The molecule has 1 aromatic heterocycles. The fraction of sp³-hybridized carbons (Fsp3) is 0.133. The highest BCUT2D eigenvalue weighted by atomic mass is 32.1. The first-order chi connectivity index (χ1) is 9.69. The van der Waals surface area contributed by atoms with Gasteiger partial charge in [-0.15, -0.1) is 11.3 Å². The fourth-order valence-electron chi connectivity index (χ4n) is 1.62. The number of hydrogen-bond donors (Lipinski definition) is 1. The SMILES string of the molecule is COc1cccc(OCc2sccc2C=CC(=O)O)c1. The van der Waals surface area contributed by atoms with E-state index in [1.54, 1.807) is 19.3 Å². The lowest BCUT2D eigenvalue weighted by Crippen LogP contribution is -1.95. The molecule has 5 heteroatoms. The number of benzene rings is 1. The maximum absolute atomic E-state index is 10.5. The van der Waals surface area contributed by atoms with Gasteiger partial charge in [0.25, 0.3) is 0 Å². The lowest BCUT2D eigenvalue weighted by atomic mass is 10.2. The topological polar surface area (TPSA) is 55.8 Å². The summed E-state index contributed by atoms with van der Waals surface area (Å²) < 4.78 is 10.8. The third-order valence-electron chi connectivity index (χ3n) is 2.60. The summed E-state index contributed by atoms with van der Waals surface area (Å²) in [6.07, 6.45) is 2.69. The maximum atomic E-state index is 10.5. The zero-order chi connectivity index (χ0) is 14.4. The van der Waals surface area contributed by atoms with E-state index in [-0.39, 0.29) is 0 Å². The Morgan fingerprint density at radius 2 is 2.15 bits per heavy atom. The number of methoxy groups -OCH3 is 1. The molecule has 0 saturated heterocycles. The third-order valence-corrected chi connectivity index (χ3v) is 3.51. The normalized spacial score (nSPS) is 10.7. The van der Waals surface area contributed by atoms with Gasteiger partial charge in [-0.25, -0.2) is 4.79 Å². The Labute approximate surface area is 120 Å². The lowest BCUT2D eigenvalue weighted by Gasteiger charge is -2.07. The third kappa shape index (κ3) is 3.86. The van der Waals surface area contributed by atoms with E-state index in [1.807, 2.05) is 29.6 Å². The van der Waals surface area contributed by atoms with Gasteiger partial charge in [-0.2, -0.15) is 0 Å². The van der Waals surface area contributed by atoms with E-state index in [0.717, 1.165) is 22.3 Å². The Bertz CT molecular complexity index is 616. The molecule has 20 heavy (non-hydrogen) atoms. The van der Waals surface area contributed by atoms with Crippen molar-refractivity contribution in [2.75, 3.05) is 7.11 Å². The van der Waals surface area contributed by atoms with Crippen molar-refractivity contribution in [2.24, 2.45) is 0 Å². The second-order valence-electron chi connectivity index (χ2n) is 3.94. The standard InChI is InChI=1S/C15H14O4S/c1-18-12-3-2-4-13(9-12)19-10-14-11(7-8-20-14)5-6-15(16)17/h2-9H,10H2,1H3,(H,16,17). The van der Waals surface area contributed by atoms with Crippen molar-refractivity contribution in [1.82, 2.24) is 0 Å². The fourth-order valence-corrected chi connectivity index (χ4v) is 2.40. The van der Waals surface area contributed by atoms with Crippen molar-refractivity contribution in [1.29, 1.82) is 0 Å². The highest BCUT2D eigenvalue weighted by Gasteiger charge is 2.04. The summed E-state index contributed by atoms with van der Waals surface area (Å²) in [6.45, 7) is 0.393. The second kappa shape index (κ2) is 6.77. The van der Waals surface area contributed by atoms with Crippen LogP contribution in [0.25, 0.3) is 6.08 Å². The van der Waals surface area contributed by atoms with Crippen molar-refractivity contribution < 1.29 is 19.4 Å². The predicted molar refractivity (Wildman–Crippen MR) is 78.3 cm³/mol. The summed E-state index contributed by atoms with van der Waals surface area (Å²) in [5, 5.41) is 10.5. The van der Waals surface area contributed by atoms with Gasteiger partial charge in [-0.1, -0.05) is 6.07 Å². The summed E-state index contributed by atoms with van der Waals surface area (Å²) in [5.41, 5.74) is 0.861. The van der Waals surface area contributed by atoms with Crippen molar-refractivity contribution in [3.63, 3.8) is 0 Å². The zero-order valence-corrected chi connectivity index (χ0v) is 11.7. The van der Waals surface area contributed by atoms with Gasteiger partial charge in [0.05, 0.1) is 7.11 Å². The van der Waals surface area contributed by atoms with Crippen LogP contribution in [-0.4, -0.2) is 18.2 Å². The van der Waals surface area contributed by atoms with Crippen molar-refractivity contribution in [3.05, 3.63) is 52.2 Å². The van der Waals surface area contributed by atoms with E-state index >= 15 is 0 Å². The Morgan fingerprint density at radius 1 is 1.35 bits per heavy atom. The largest absolute Gasteiger partial charge is 0.497 e. The van der Waals surface area contributed by atoms with Crippen LogP contribution in [0.15, 0.2) is 41.8 Å². The number of rotatable bonds is 6. The summed E-state index contributed by atoms with van der Waals surface area (Å²) in [7, 11) is 1.60. The average molecular weight is 290 g/mol. The number of aliphatic carboxylic acids is 1. The molecule has 0 bridgehead atoms. The number of carboxylic acid groups (broad SMARTS) is 1. The van der Waals surface area contributed by atoms with Crippen molar-refractivity contribution >= 4 is 23.4 Å². The van der Waals surface area contributed by atoms with Crippen LogP contribution in [0.1, 0.15) is 10.4 Å². The number of hydrogen-bond acceptors (Lipinski definition) is 4. The summed E-state index contributed by atoms with van der Waals surface area (Å²) >= 11 is 1.53. The van der Waals surface area contributed by atoms with Crippen LogP contribution in [0.3, 0.4) is 0 Å². The number of carbonyl (C=O) groups is 1. The first-order valence-electron chi connectivity index (χ1n) is 5.93. The first-order valence-corrected chi connectivity index (χ1v) is 6.81. The van der Waals surface area contributed by atoms with Gasteiger partial charge in [-0.3, -0.25) is 0 Å². The van der Waals surface area contributed by atoms with Gasteiger partial charge in [0.15, 0.2) is 0 Å². The number of ether oxygens (including phenoxy) is 2. The molecule has 0 radical (unpaired) electrons. The molecule has 0 saturated carbocycles. The van der Waals surface area contributed by atoms with Crippen LogP contribution in [0.4, 0.5) is 0 Å². The highest BCUT2D eigenvalue weighted by Crippen LogP contribution is 2.23. The van der Waals surface area contributed by atoms with E-state index in [4.69, 9.17) is 14.6 Å². The lowest BCUT2D eigenvalue weighted by molar-refractivity contribution is -0.131. The summed E-state index contributed by atoms with van der Waals surface area (Å²) in [4.78, 5) is 11.5. The van der Waals surface area contributed by atoms with E-state index in [2.05, 4.69) is 0 Å². The van der Waals surface area contributed by atoms with Gasteiger partial charge in [0, 0.05) is 17.0 Å². The molecular formula is C15H14O4S. The molecular weight excluding hydrogens is 276 g/mol. The Morgan fingerprint density at radius 3 is 2.90 bits per heavy atom. The molecule has 0 atom stereocenters. The zero-order valence-electron chi connectivity index (χ0n) is 10.9. The van der Waals surface area contributed by atoms with Gasteiger partial charge < -0.3 is 14.6 Å². The summed E-state index contributed by atoms with van der Waals surface area (Å²) in [6, 6.07) is 9.23. The minimum absolute atomic E-state index is 0.393. The Balaban J connectivity index is 2.04. The van der Waals surface area contributed by atoms with Crippen LogP contribution in [-0.2, 0) is 11.4 Å². The van der Waals surface area contributed by atoms with Gasteiger partial charge >= 0.3 is 5.97 Å². The molecule has 1 N–H and O–H groups in total. The van der Waals surface area contributed by atoms with Gasteiger partial charge in [0.2, 0.25) is 0 Å². The monoisotopic (exact) mass is 290 g/mol. The number of thiophene rings is 1. The van der Waals surface area contributed by atoms with Gasteiger partial charge in [0.1, 0.15) is 18.1 Å². The first kappa shape index (κ1) is 14.1. The molecule has 0 aliphatic heterocycles. The number of carboxylic acids is 1. The minimum Gasteiger partial charge on any atom is -0.497 e. The molecule has 2 aromatic rings. The van der Waals surface area contributed by atoms with Gasteiger partial charge in [-0.05, 0) is 35.2 Å². The molecule has 4 nitrogen and oxygen atoms in total. The quantitative estimate of drug-likeness (QED) is 0.828. The van der Waals surface area contributed by atoms with Crippen LogP contribution in [0.2, 0.25) is 0 Å². The molecule has 2 rings (SSSR count). The Hall–Kier alpha value is -2.27. The van der Waals surface area contributed by atoms with Crippen LogP contribution in [0.5, 0.6) is 11.5 Å². The molecule has 0 unspecified atom stereocenters.